The first-order chi connectivity index (χ1) is 3.18. The van der Waals surface area contributed by atoms with Crippen molar-refractivity contribution in [3.05, 3.63) is 11.0 Å². The second-order valence-electron chi connectivity index (χ2n) is 1.13. The van der Waals surface area contributed by atoms with Crippen molar-refractivity contribution in [1.82, 2.24) is 0 Å². The molecule has 0 saturated carbocycles. The third-order valence-corrected chi connectivity index (χ3v) is 1.43. The van der Waals surface area contributed by atoms with E-state index < -0.39 is 11.1 Å². The van der Waals surface area contributed by atoms with Crippen molar-refractivity contribution in [2.45, 2.75) is 13.8 Å². The molecule has 1 atom stereocenters. The maximum absolute atomic E-state index is 9.86. The standard InChI is InChI=1S/C4H8O2S.Na/c1-3-4(2)7(5)6;/h3H,1-2H3,(H,5,6);/q;+1/p-1. The van der Waals surface area contributed by atoms with E-state index in [-0.39, 0.29) is 29.6 Å². The molecule has 0 amide bonds. The fourth-order valence-corrected chi connectivity index (χ4v) is 0.289. The Balaban J connectivity index is 0. The van der Waals surface area contributed by atoms with Gasteiger partial charge in [0, 0.05) is 0 Å². The second-order valence-corrected chi connectivity index (χ2v) is 2.25. The molecule has 1 unspecified atom stereocenters. The Labute approximate surface area is 73.9 Å². The van der Waals surface area contributed by atoms with Crippen LogP contribution in [0.1, 0.15) is 13.8 Å². The van der Waals surface area contributed by atoms with Crippen LogP contribution >= 0.6 is 0 Å². The maximum Gasteiger partial charge on any atom is 1.00 e. The van der Waals surface area contributed by atoms with Crippen LogP contribution in [0, 0.1) is 0 Å². The van der Waals surface area contributed by atoms with E-state index in [0.717, 1.165) is 0 Å². The van der Waals surface area contributed by atoms with Crippen LogP contribution in [0.15, 0.2) is 11.0 Å². The molecule has 0 aliphatic heterocycles. The summed E-state index contributed by atoms with van der Waals surface area (Å²) in [7, 11) is 0. The van der Waals surface area contributed by atoms with Crippen LogP contribution in [0.25, 0.3) is 0 Å². The molecule has 0 radical (unpaired) electrons. The van der Waals surface area contributed by atoms with Gasteiger partial charge in [0.1, 0.15) is 0 Å². The molecule has 0 saturated heterocycles. The van der Waals surface area contributed by atoms with E-state index in [4.69, 9.17) is 0 Å². The third kappa shape index (κ3) is 5.00. The van der Waals surface area contributed by atoms with Crippen LogP contribution in [-0.4, -0.2) is 8.76 Å². The monoisotopic (exact) mass is 142 g/mol. The quantitative estimate of drug-likeness (QED) is 0.308. The molecule has 0 bridgehead atoms. The smallest absolute Gasteiger partial charge is 0.769 e. The molecule has 8 heavy (non-hydrogen) atoms. The predicted molar refractivity (Wildman–Crippen MR) is 28.4 cm³/mol. The minimum absolute atomic E-state index is 0. The number of rotatable bonds is 1. The summed E-state index contributed by atoms with van der Waals surface area (Å²) in [5.74, 6) is 0. The van der Waals surface area contributed by atoms with Crippen molar-refractivity contribution < 1.29 is 38.3 Å². The Morgan fingerprint density at radius 3 is 2.12 bits per heavy atom. The zero-order valence-corrected chi connectivity index (χ0v) is 8.12. The van der Waals surface area contributed by atoms with Gasteiger partial charge in [0.2, 0.25) is 0 Å². The third-order valence-electron chi connectivity index (χ3n) is 0.669. The first-order valence-electron chi connectivity index (χ1n) is 1.90. The summed E-state index contributed by atoms with van der Waals surface area (Å²) in [6.45, 7) is 3.23. The maximum atomic E-state index is 9.86. The Hall–Kier alpha value is 0.850. The molecule has 4 heteroatoms. The van der Waals surface area contributed by atoms with Gasteiger partial charge in [-0.15, -0.1) is 0 Å². The van der Waals surface area contributed by atoms with Gasteiger partial charge in [-0.2, -0.15) is 0 Å². The van der Waals surface area contributed by atoms with E-state index in [9.17, 15) is 8.76 Å². The predicted octanol–water partition coefficient (Wildman–Crippen LogP) is -2.21. The number of hydrogen-bond donors (Lipinski definition) is 0. The van der Waals surface area contributed by atoms with Gasteiger partial charge in [-0.3, -0.25) is 4.21 Å². The minimum Gasteiger partial charge on any atom is -0.769 e. The first kappa shape index (κ1) is 11.6. The topological polar surface area (TPSA) is 40.1 Å². The van der Waals surface area contributed by atoms with Gasteiger partial charge in [-0.25, -0.2) is 0 Å². The second kappa shape index (κ2) is 5.98. The van der Waals surface area contributed by atoms with Crippen LogP contribution in [0.3, 0.4) is 0 Å². The fraction of sp³-hybridized carbons (Fsp3) is 0.500. The summed E-state index contributed by atoms with van der Waals surface area (Å²) >= 11 is -2.00. The Kier molecular flexibility index (Phi) is 8.68. The fourth-order valence-electron chi connectivity index (χ4n) is 0.0962. The molecule has 0 fully saturated rings. The van der Waals surface area contributed by atoms with Crippen LogP contribution in [-0.2, 0) is 11.1 Å². The van der Waals surface area contributed by atoms with Gasteiger partial charge in [0.25, 0.3) is 0 Å². The molecule has 0 aromatic heterocycles. The van der Waals surface area contributed by atoms with Crippen LogP contribution in [0.2, 0.25) is 0 Å². The molecule has 0 rings (SSSR count). The van der Waals surface area contributed by atoms with Gasteiger partial charge in [0.15, 0.2) is 0 Å². The van der Waals surface area contributed by atoms with Gasteiger partial charge >= 0.3 is 29.6 Å². The normalized spacial score (nSPS) is 14.6. The molecule has 2 nitrogen and oxygen atoms in total. The summed E-state index contributed by atoms with van der Waals surface area (Å²) in [4.78, 5) is 0.389. The van der Waals surface area contributed by atoms with Crippen molar-refractivity contribution in [3.8, 4) is 0 Å². The molecular formula is C4H7NaO2S. The Bertz CT molecular complexity index is 111. The summed E-state index contributed by atoms with van der Waals surface area (Å²) < 4.78 is 19.7. The van der Waals surface area contributed by atoms with E-state index in [1.54, 1.807) is 19.9 Å². The largest absolute Gasteiger partial charge is 1.00 e. The molecule has 0 aromatic carbocycles. The minimum atomic E-state index is -2.00. The molecule has 0 spiro atoms. The average molecular weight is 142 g/mol. The summed E-state index contributed by atoms with van der Waals surface area (Å²) in [5, 5.41) is 0. The van der Waals surface area contributed by atoms with Crippen molar-refractivity contribution >= 4 is 11.1 Å². The average Bonchev–Trinajstić information content (AvgIpc) is 1.65. The van der Waals surface area contributed by atoms with E-state index >= 15 is 0 Å². The Morgan fingerprint density at radius 1 is 1.75 bits per heavy atom. The van der Waals surface area contributed by atoms with Crippen LogP contribution < -0.4 is 29.6 Å². The van der Waals surface area contributed by atoms with E-state index in [0.29, 0.717) is 4.91 Å². The van der Waals surface area contributed by atoms with Crippen LogP contribution in [0.4, 0.5) is 0 Å². The molecule has 0 N–H and O–H groups in total. The summed E-state index contributed by atoms with van der Waals surface area (Å²) in [6, 6.07) is 0. The van der Waals surface area contributed by atoms with E-state index in [2.05, 4.69) is 0 Å². The van der Waals surface area contributed by atoms with E-state index in [1.807, 2.05) is 0 Å². The van der Waals surface area contributed by atoms with Crippen molar-refractivity contribution in [3.63, 3.8) is 0 Å². The van der Waals surface area contributed by atoms with Crippen molar-refractivity contribution in [1.29, 1.82) is 0 Å². The molecule has 0 aliphatic rings. The SMILES string of the molecule is CC=C(C)S(=O)[O-].[Na+]. The van der Waals surface area contributed by atoms with E-state index in [1.165, 1.54) is 0 Å². The summed E-state index contributed by atoms with van der Waals surface area (Å²) in [5.41, 5.74) is 0. The van der Waals surface area contributed by atoms with Crippen molar-refractivity contribution in [2.24, 2.45) is 0 Å². The zero-order valence-electron chi connectivity index (χ0n) is 5.30. The molecule has 42 valence electrons. The summed E-state index contributed by atoms with van der Waals surface area (Å²) in [6.07, 6.45) is 1.54. The molecular weight excluding hydrogens is 135 g/mol. The molecule has 0 aromatic rings. The zero-order chi connectivity index (χ0) is 5.86. The first-order valence-corrected chi connectivity index (χ1v) is 2.98. The van der Waals surface area contributed by atoms with Crippen molar-refractivity contribution in [2.75, 3.05) is 0 Å². The Morgan fingerprint density at radius 2 is 2.12 bits per heavy atom. The van der Waals surface area contributed by atoms with Gasteiger partial charge in [-0.05, 0) is 29.8 Å². The number of hydrogen-bond acceptors (Lipinski definition) is 2. The van der Waals surface area contributed by atoms with Gasteiger partial charge in [-0.1, -0.05) is 6.08 Å². The number of allylic oxidation sites excluding steroid dienone is 2. The van der Waals surface area contributed by atoms with Crippen LogP contribution in [0.5, 0.6) is 0 Å². The molecule has 0 heterocycles. The van der Waals surface area contributed by atoms with Gasteiger partial charge in [0.05, 0.1) is 0 Å². The van der Waals surface area contributed by atoms with Gasteiger partial charge < -0.3 is 4.55 Å². The molecule has 0 aliphatic carbocycles.